The number of amides is 2. The molecule has 1 aromatic heterocycles. The molecule has 0 aromatic carbocycles. The smallest absolute Gasteiger partial charge is 0.317 e. The molecule has 1 saturated heterocycles. The molecule has 1 fully saturated rings. The SMILES string of the molecule is Cc1c(CN2CCCNC2=O)cnn1C. The van der Waals surface area contributed by atoms with Gasteiger partial charge in [-0.25, -0.2) is 4.79 Å². The summed E-state index contributed by atoms with van der Waals surface area (Å²) in [6.45, 7) is 4.30. The van der Waals surface area contributed by atoms with Gasteiger partial charge in [-0.2, -0.15) is 5.10 Å². The highest BCUT2D eigenvalue weighted by atomic mass is 16.2. The van der Waals surface area contributed by atoms with Crippen LogP contribution in [0.1, 0.15) is 17.7 Å². The topological polar surface area (TPSA) is 50.2 Å². The lowest BCUT2D eigenvalue weighted by atomic mass is 10.2. The van der Waals surface area contributed by atoms with Gasteiger partial charge in [0, 0.05) is 31.4 Å². The molecule has 1 aliphatic rings. The Morgan fingerprint density at radius 2 is 2.40 bits per heavy atom. The number of rotatable bonds is 2. The Morgan fingerprint density at radius 1 is 1.60 bits per heavy atom. The summed E-state index contributed by atoms with van der Waals surface area (Å²) in [7, 11) is 1.91. The summed E-state index contributed by atoms with van der Waals surface area (Å²) in [6, 6.07) is 0.0319. The summed E-state index contributed by atoms with van der Waals surface area (Å²) < 4.78 is 1.83. The minimum absolute atomic E-state index is 0.0319. The standard InChI is InChI=1S/C10H16N4O/c1-8-9(6-12-13(8)2)7-14-5-3-4-11-10(14)15/h6H,3-5,7H2,1-2H3,(H,11,15). The number of aryl methyl sites for hydroxylation is 1. The zero-order valence-electron chi connectivity index (χ0n) is 9.16. The monoisotopic (exact) mass is 208 g/mol. The fourth-order valence-corrected chi connectivity index (χ4v) is 1.73. The molecule has 0 radical (unpaired) electrons. The highest BCUT2D eigenvalue weighted by molar-refractivity contribution is 5.74. The predicted octanol–water partition coefficient (Wildman–Crippen LogP) is 0.644. The molecule has 2 rings (SSSR count). The molecule has 1 N–H and O–H groups in total. The van der Waals surface area contributed by atoms with E-state index in [1.165, 1.54) is 0 Å². The molecule has 0 saturated carbocycles. The Labute approximate surface area is 89.1 Å². The van der Waals surface area contributed by atoms with Crippen molar-refractivity contribution in [3.63, 3.8) is 0 Å². The zero-order chi connectivity index (χ0) is 10.8. The van der Waals surface area contributed by atoms with Gasteiger partial charge in [0.15, 0.2) is 0 Å². The number of nitrogens with one attached hydrogen (secondary N) is 1. The van der Waals surface area contributed by atoms with Crippen molar-refractivity contribution in [2.45, 2.75) is 19.9 Å². The molecule has 1 aromatic rings. The maximum atomic E-state index is 11.5. The quantitative estimate of drug-likeness (QED) is 0.775. The fourth-order valence-electron chi connectivity index (χ4n) is 1.73. The minimum atomic E-state index is 0.0319. The Morgan fingerprint density at radius 3 is 3.00 bits per heavy atom. The van der Waals surface area contributed by atoms with E-state index in [-0.39, 0.29) is 6.03 Å². The van der Waals surface area contributed by atoms with Crippen LogP contribution in [-0.2, 0) is 13.6 Å². The number of hydrogen-bond acceptors (Lipinski definition) is 2. The Bertz CT molecular complexity index is 371. The third-order valence-electron chi connectivity index (χ3n) is 2.87. The molecule has 5 nitrogen and oxygen atoms in total. The highest BCUT2D eigenvalue weighted by Gasteiger charge is 2.18. The number of nitrogens with zero attached hydrogens (tertiary/aromatic N) is 3. The average molecular weight is 208 g/mol. The van der Waals surface area contributed by atoms with E-state index in [1.54, 1.807) is 0 Å². The molecule has 0 spiro atoms. The van der Waals surface area contributed by atoms with E-state index in [1.807, 2.05) is 29.7 Å². The van der Waals surface area contributed by atoms with Crippen LogP contribution in [0.2, 0.25) is 0 Å². The average Bonchev–Trinajstić information content (AvgIpc) is 2.53. The summed E-state index contributed by atoms with van der Waals surface area (Å²) in [6.07, 6.45) is 2.85. The number of carbonyl (C=O) groups is 1. The fraction of sp³-hybridized carbons (Fsp3) is 0.600. The van der Waals surface area contributed by atoms with Gasteiger partial charge in [0.2, 0.25) is 0 Å². The first-order valence-corrected chi connectivity index (χ1v) is 5.18. The summed E-state index contributed by atoms with van der Waals surface area (Å²) in [5.41, 5.74) is 2.24. The van der Waals surface area contributed by atoms with Crippen LogP contribution in [-0.4, -0.2) is 33.8 Å². The first-order valence-electron chi connectivity index (χ1n) is 5.18. The molecule has 0 aliphatic carbocycles. The molecule has 0 unspecified atom stereocenters. The van der Waals surface area contributed by atoms with Crippen LogP contribution >= 0.6 is 0 Å². The van der Waals surface area contributed by atoms with Crippen LogP contribution in [0.25, 0.3) is 0 Å². The third-order valence-corrected chi connectivity index (χ3v) is 2.87. The van der Waals surface area contributed by atoms with Gasteiger partial charge >= 0.3 is 6.03 Å². The van der Waals surface area contributed by atoms with E-state index in [4.69, 9.17) is 0 Å². The van der Waals surface area contributed by atoms with Crippen molar-refractivity contribution in [1.82, 2.24) is 20.0 Å². The van der Waals surface area contributed by atoms with Crippen LogP contribution < -0.4 is 5.32 Å². The number of urea groups is 1. The molecule has 2 amide bonds. The second kappa shape index (κ2) is 3.92. The Kier molecular flexibility index (Phi) is 2.62. The van der Waals surface area contributed by atoms with Crippen molar-refractivity contribution in [1.29, 1.82) is 0 Å². The van der Waals surface area contributed by atoms with Crippen LogP contribution in [0.4, 0.5) is 4.79 Å². The lowest BCUT2D eigenvalue weighted by Crippen LogP contribution is -2.45. The van der Waals surface area contributed by atoms with Crippen molar-refractivity contribution in [3.05, 3.63) is 17.5 Å². The van der Waals surface area contributed by atoms with Crippen molar-refractivity contribution >= 4 is 6.03 Å². The predicted molar refractivity (Wildman–Crippen MR) is 56.4 cm³/mol. The van der Waals surface area contributed by atoms with E-state index >= 15 is 0 Å². The van der Waals surface area contributed by atoms with Gasteiger partial charge in [0.25, 0.3) is 0 Å². The zero-order valence-corrected chi connectivity index (χ0v) is 9.16. The molecular weight excluding hydrogens is 192 g/mol. The molecule has 2 heterocycles. The normalized spacial score (nSPS) is 16.7. The Hall–Kier alpha value is -1.52. The van der Waals surface area contributed by atoms with Gasteiger partial charge in [-0.15, -0.1) is 0 Å². The van der Waals surface area contributed by atoms with Gasteiger partial charge in [-0.3, -0.25) is 4.68 Å². The highest BCUT2D eigenvalue weighted by Crippen LogP contribution is 2.11. The molecule has 82 valence electrons. The molecule has 15 heavy (non-hydrogen) atoms. The second-order valence-electron chi connectivity index (χ2n) is 3.89. The van der Waals surface area contributed by atoms with Crippen molar-refractivity contribution in [3.8, 4) is 0 Å². The number of aromatic nitrogens is 2. The summed E-state index contributed by atoms with van der Waals surface area (Å²) in [5, 5.41) is 7.00. The number of hydrogen-bond donors (Lipinski definition) is 1. The first-order chi connectivity index (χ1) is 7.18. The second-order valence-corrected chi connectivity index (χ2v) is 3.89. The van der Waals surface area contributed by atoms with E-state index in [0.29, 0.717) is 6.54 Å². The lowest BCUT2D eigenvalue weighted by Gasteiger charge is -2.27. The van der Waals surface area contributed by atoms with E-state index < -0.39 is 0 Å². The minimum Gasteiger partial charge on any atom is -0.338 e. The van der Waals surface area contributed by atoms with Crippen LogP contribution in [0.15, 0.2) is 6.20 Å². The van der Waals surface area contributed by atoms with Gasteiger partial charge in [-0.05, 0) is 13.3 Å². The first kappa shape index (κ1) is 10.0. The van der Waals surface area contributed by atoms with Gasteiger partial charge in [-0.1, -0.05) is 0 Å². The largest absolute Gasteiger partial charge is 0.338 e. The lowest BCUT2D eigenvalue weighted by molar-refractivity contribution is 0.183. The third kappa shape index (κ3) is 1.95. The maximum absolute atomic E-state index is 11.5. The van der Waals surface area contributed by atoms with E-state index in [2.05, 4.69) is 10.4 Å². The number of carbonyl (C=O) groups excluding carboxylic acids is 1. The van der Waals surface area contributed by atoms with Gasteiger partial charge in [0.1, 0.15) is 0 Å². The Balaban J connectivity index is 2.07. The molecule has 0 atom stereocenters. The maximum Gasteiger partial charge on any atom is 0.317 e. The summed E-state index contributed by atoms with van der Waals surface area (Å²) >= 11 is 0. The van der Waals surface area contributed by atoms with Crippen molar-refractivity contribution in [2.75, 3.05) is 13.1 Å². The summed E-state index contributed by atoms with van der Waals surface area (Å²) in [5.74, 6) is 0. The van der Waals surface area contributed by atoms with E-state index in [0.717, 1.165) is 30.8 Å². The van der Waals surface area contributed by atoms with Gasteiger partial charge in [0.05, 0.1) is 12.7 Å². The molecule has 0 bridgehead atoms. The van der Waals surface area contributed by atoms with Gasteiger partial charge < -0.3 is 10.2 Å². The van der Waals surface area contributed by atoms with Crippen LogP contribution in [0, 0.1) is 6.92 Å². The summed E-state index contributed by atoms with van der Waals surface area (Å²) in [4.78, 5) is 13.3. The van der Waals surface area contributed by atoms with Crippen molar-refractivity contribution in [2.24, 2.45) is 7.05 Å². The van der Waals surface area contributed by atoms with E-state index in [9.17, 15) is 4.79 Å². The molecule has 1 aliphatic heterocycles. The molecule has 5 heteroatoms. The van der Waals surface area contributed by atoms with Crippen molar-refractivity contribution < 1.29 is 4.79 Å². The van der Waals surface area contributed by atoms with Crippen LogP contribution in [0.3, 0.4) is 0 Å². The molecular formula is C10H16N4O. The van der Waals surface area contributed by atoms with Crippen LogP contribution in [0.5, 0.6) is 0 Å².